The lowest BCUT2D eigenvalue weighted by atomic mass is 10.0. The van der Waals surface area contributed by atoms with Crippen LogP contribution in [-0.2, 0) is 7.05 Å². The maximum atomic E-state index is 11.1. The fourth-order valence-electron chi connectivity index (χ4n) is 2.22. The molecule has 11 heteroatoms. The molecule has 1 aliphatic heterocycles. The van der Waals surface area contributed by atoms with Crippen LogP contribution in [0.25, 0.3) is 5.57 Å². The Balaban J connectivity index is 2.07. The van der Waals surface area contributed by atoms with Gasteiger partial charge in [0.1, 0.15) is 5.04 Å². The van der Waals surface area contributed by atoms with Crippen molar-refractivity contribution in [1.82, 2.24) is 20.2 Å². The van der Waals surface area contributed by atoms with Crippen LogP contribution in [0.1, 0.15) is 5.56 Å². The standard InChI is InChI=1S/C15H13N7O2S2/c1-3-17-14-12(13(16)26-15-18-19-20-21(15)2)11(8-25-14)9-5-4-6-10(7-9)22(23)24/h3-8H,1,16H2,2H3/b13-12+,17-14+. The summed E-state index contributed by atoms with van der Waals surface area (Å²) in [6, 6.07) is 6.37. The van der Waals surface area contributed by atoms with Crippen LogP contribution >= 0.6 is 23.5 Å². The molecule has 26 heavy (non-hydrogen) atoms. The lowest BCUT2D eigenvalue weighted by Crippen LogP contribution is -2.06. The van der Waals surface area contributed by atoms with E-state index in [9.17, 15) is 10.1 Å². The van der Waals surface area contributed by atoms with Crippen LogP contribution in [-0.4, -0.2) is 30.2 Å². The Bertz CT molecular complexity index is 978. The van der Waals surface area contributed by atoms with E-state index in [-0.39, 0.29) is 5.69 Å². The predicted octanol–water partition coefficient (Wildman–Crippen LogP) is 2.71. The largest absolute Gasteiger partial charge is 0.393 e. The monoisotopic (exact) mass is 387 g/mol. The number of benzene rings is 1. The van der Waals surface area contributed by atoms with Gasteiger partial charge < -0.3 is 5.73 Å². The molecule has 0 atom stereocenters. The second kappa shape index (κ2) is 7.54. The molecule has 1 aromatic heterocycles. The number of aryl methyl sites for hydroxylation is 1. The number of nitro groups is 1. The molecule has 3 rings (SSSR count). The summed E-state index contributed by atoms with van der Waals surface area (Å²) in [5.41, 5.74) is 8.42. The number of rotatable bonds is 5. The minimum Gasteiger partial charge on any atom is -0.393 e. The van der Waals surface area contributed by atoms with E-state index in [1.54, 1.807) is 19.2 Å². The minimum absolute atomic E-state index is 0.00517. The molecule has 0 spiro atoms. The summed E-state index contributed by atoms with van der Waals surface area (Å²) in [4.78, 5) is 14.9. The molecule has 2 heterocycles. The summed E-state index contributed by atoms with van der Waals surface area (Å²) < 4.78 is 1.50. The molecule has 0 unspecified atom stereocenters. The Morgan fingerprint density at radius 1 is 1.54 bits per heavy atom. The smallest absolute Gasteiger partial charge is 0.270 e. The highest BCUT2D eigenvalue weighted by Gasteiger charge is 2.26. The lowest BCUT2D eigenvalue weighted by molar-refractivity contribution is -0.384. The molecule has 2 aromatic rings. The average Bonchev–Trinajstić information content (AvgIpc) is 3.22. The van der Waals surface area contributed by atoms with Crippen LogP contribution in [0, 0.1) is 10.1 Å². The molecule has 0 radical (unpaired) electrons. The topological polar surface area (TPSA) is 125 Å². The van der Waals surface area contributed by atoms with Crippen molar-refractivity contribution in [1.29, 1.82) is 0 Å². The fourth-order valence-corrected chi connectivity index (χ4v) is 3.99. The molecule has 0 amide bonds. The minimum atomic E-state index is -0.433. The lowest BCUT2D eigenvalue weighted by Gasteiger charge is -2.10. The first-order valence-electron chi connectivity index (χ1n) is 7.22. The number of tetrazole rings is 1. The highest BCUT2D eigenvalue weighted by atomic mass is 32.2. The van der Waals surface area contributed by atoms with E-state index in [0.29, 0.717) is 26.4 Å². The molecule has 132 valence electrons. The second-order valence-corrected chi connectivity index (χ2v) is 6.87. The van der Waals surface area contributed by atoms with Gasteiger partial charge in [0, 0.05) is 36.5 Å². The number of nitro benzene ring substituents is 1. The van der Waals surface area contributed by atoms with Gasteiger partial charge in [-0.25, -0.2) is 9.67 Å². The van der Waals surface area contributed by atoms with Gasteiger partial charge in [0.25, 0.3) is 5.69 Å². The van der Waals surface area contributed by atoms with Crippen LogP contribution < -0.4 is 5.73 Å². The Morgan fingerprint density at radius 3 is 3.00 bits per heavy atom. The molecule has 0 bridgehead atoms. The first-order valence-corrected chi connectivity index (χ1v) is 8.92. The molecular weight excluding hydrogens is 374 g/mol. The summed E-state index contributed by atoms with van der Waals surface area (Å²) in [6.07, 6.45) is 1.42. The Kier molecular flexibility index (Phi) is 5.19. The van der Waals surface area contributed by atoms with Crippen LogP contribution in [0.15, 0.2) is 63.2 Å². The van der Waals surface area contributed by atoms with Crippen molar-refractivity contribution in [3.05, 3.63) is 68.7 Å². The molecule has 1 aromatic carbocycles. The van der Waals surface area contributed by atoms with Gasteiger partial charge in [-0.1, -0.05) is 30.5 Å². The van der Waals surface area contributed by atoms with E-state index in [1.165, 1.54) is 46.5 Å². The number of aliphatic imine (C=N–C) groups is 1. The summed E-state index contributed by atoms with van der Waals surface area (Å²) in [7, 11) is 1.71. The molecule has 0 aliphatic carbocycles. The van der Waals surface area contributed by atoms with E-state index >= 15 is 0 Å². The van der Waals surface area contributed by atoms with Gasteiger partial charge in [-0.15, -0.1) is 5.10 Å². The Morgan fingerprint density at radius 2 is 2.35 bits per heavy atom. The first kappa shape index (κ1) is 17.9. The third kappa shape index (κ3) is 3.53. The number of nitrogens with two attached hydrogens (primary N) is 1. The van der Waals surface area contributed by atoms with E-state index < -0.39 is 4.92 Å². The number of non-ortho nitro benzene ring substituents is 1. The Hall–Kier alpha value is -2.92. The van der Waals surface area contributed by atoms with Gasteiger partial charge in [-0.3, -0.25) is 10.1 Å². The molecular formula is C15H13N7O2S2. The first-order chi connectivity index (χ1) is 12.5. The number of hydrogen-bond acceptors (Lipinski definition) is 9. The third-order valence-electron chi connectivity index (χ3n) is 3.38. The van der Waals surface area contributed by atoms with Crippen molar-refractivity contribution in [2.24, 2.45) is 17.8 Å². The summed E-state index contributed by atoms with van der Waals surface area (Å²) in [5, 5.41) is 25.8. The van der Waals surface area contributed by atoms with E-state index in [0.717, 1.165) is 5.57 Å². The summed E-state index contributed by atoms with van der Waals surface area (Å²) in [6.45, 7) is 3.62. The number of nitrogens with zero attached hydrogens (tertiary/aromatic N) is 6. The number of hydrogen-bond donors (Lipinski definition) is 1. The highest BCUT2D eigenvalue weighted by molar-refractivity contribution is 8.17. The van der Waals surface area contributed by atoms with Gasteiger partial charge in [-0.2, -0.15) is 0 Å². The van der Waals surface area contributed by atoms with Crippen LogP contribution in [0.5, 0.6) is 0 Å². The molecule has 2 N–H and O–H groups in total. The normalized spacial score (nSPS) is 17.3. The zero-order valence-corrected chi connectivity index (χ0v) is 15.2. The molecule has 0 fully saturated rings. The van der Waals surface area contributed by atoms with Crippen molar-refractivity contribution in [3.63, 3.8) is 0 Å². The van der Waals surface area contributed by atoms with Crippen molar-refractivity contribution < 1.29 is 4.92 Å². The van der Waals surface area contributed by atoms with Crippen LogP contribution in [0.4, 0.5) is 5.69 Å². The quantitative estimate of drug-likeness (QED) is 0.471. The zero-order chi connectivity index (χ0) is 18.7. The van der Waals surface area contributed by atoms with Gasteiger partial charge >= 0.3 is 0 Å². The summed E-state index contributed by atoms with van der Waals surface area (Å²) in [5.74, 6) is 0. The fraction of sp³-hybridized carbons (Fsp3) is 0.0667. The second-order valence-electron chi connectivity index (χ2n) is 5.00. The Labute approximate surface area is 156 Å². The maximum Gasteiger partial charge on any atom is 0.270 e. The van der Waals surface area contributed by atoms with Gasteiger partial charge in [0.05, 0.1) is 9.95 Å². The van der Waals surface area contributed by atoms with E-state index in [1.807, 2.05) is 5.41 Å². The predicted molar refractivity (Wildman–Crippen MR) is 102 cm³/mol. The molecule has 9 nitrogen and oxygen atoms in total. The third-order valence-corrected chi connectivity index (χ3v) is 5.22. The molecule has 0 saturated heterocycles. The number of aromatic nitrogens is 4. The van der Waals surface area contributed by atoms with Gasteiger partial charge in [0.15, 0.2) is 0 Å². The van der Waals surface area contributed by atoms with Gasteiger partial charge in [0.2, 0.25) is 5.16 Å². The van der Waals surface area contributed by atoms with Crippen molar-refractivity contribution in [2.75, 3.05) is 0 Å². The van der Waals surface area contributed by atoms with Crippen molar-refractivity contribution in [3.8, 4) is 0 Å². The van der Waals surface area contributed by atoms with Gasteiger partial charge in [-0.05, 0) is 33.2 Å². The maximum absolute atomic E-state index is 11.1. The van der Waals surface area contributed by atoms with Crippen molar-refractivity contribution >= 4 is 39.8 Å². The molecule has 0 saturated carbocycles. The highest BCUT2D eigenvalue weighted by Crippen LogP contribution is 2.42. The number of thioether (sulfide) groups is 2. The average molecular weight is 387 g/mol. The van der Waals surface area contributed by atoms with Crippen LogP contribution in [0.2, 0.25) is 0 Å². The van der Waals surface area contributed by atoms with Crippen molar-refractivity contribution in [2.45, 2.75) is 5.16 Å². The SMILES string of the molecule is C=C/N=C1/SC=C(c2cccc([N+](=O)[O-])c2)/C1=C(/N)Sc1nnnn1C. The number of allylic oxidation sites excluding steroid dienone is 1. The van der Waals surface area contributed by atoms with E-state index in [2.05, 4.69) is 27.1 Å². The zero-order valence-electron chi connectivity index (χ0n) is 13.6. The molecule has 1 aliphatic rings. The van der Waals surface area contributed by atoms with E-state index in [4.69, 9.17) is 5.73 Å². The summed E-state index contributed by atoms with van der Waals surface area (Å²) >= 11 is 2.57. The van der Waals surface area contributed by atoms with Crippen LogP contribution in [0.3, 0.4) is 0 Å².